The molecule has 0 aliphatic rings. The van der Waals surface area contributed by atoms with Crippen molar-refractivity contribution in [2.75, 3.05) is 20.3 Å². The molecule has 0 fully saturated rings. The minimum Gasteiger partial charge on any atom is -0.385 e. The Kier molecular flexibility index (Phi) is 4.59. The molecule has 100 valence electrons. The molecule has 7 heteroatoms. The number of rotatable bonds is 5. The van der Waals surface area contributed by atoms with Crippen LogP contribution in [0.1, 0.15) is 17.0 Å². The van der Waals surface area contributed by atoms with E-state index in [2.05, 4.69) is 20.5 Å². The number of nitrogens with zero attached hydrogens (tertiary/aromatic N) is 3. The van der Waals surface area contributed by atoms with Gasteiger partial charge >= 0.3 is 0 Å². The smallest absolute Gasteiger partial charge is 0.291 e. The van der Waals surface area contributed by atoms with E-state index in [1.165, 1.54) is 0 Å². The Morgan fingerprint density at radius 2 is 2.21 bits per heavy atom. The van der Waals surface area contributed by atoms with E-state index in [9.17, 15) is 4.79 Å². The molecule has 1 heterocycles. The Morgan fingerprint density at radius 3 is 3.00 bits per heavy atom. The zero-order valence-electron chi connectivity index (χ0n) is 10.4. The second-order valence-electron chi connectivity index (χ2n) is 3.87. The van der Waals surface area contributed by atoms with Crippen LogP contribution in [0.2, 0.25) is 5.02 Å². The van der Waals surface area contributed by atoms with E-state index < -0.39 is 0 Å². The molecular formula is C12H13ClN4O2. The minimum atomic E-state index is -0.356. The minimum absolute atomic E-state index is 0.0344. The quantitative estimate of drug-likeness (QED) is 0.839. The van der Waals surface area contributed by atoms with Crippen LogP contribution in [0.5, 0.6) is 0 Å². The number of methoxy groups -OCH3 is 1. The Labute approximate surface area is 115 Å². The summed E-state index contributed by atoms with van der Waals surface area (Å²) in [6, 6.07) is 5.05. The summed E-state index contributed by atoms with van der Waals surface area (Å²) in [5, 5.41) is 11.0. The molecule has 19 heavy (non-hydrogen) atoms. The summed E-state index contributed by atoms with van der Waals surface area (Å²) in [6.45, 7) is 1.09. The second kappa shape index (κ2) is 6.40. The van der Waals surface area contributed by atoms with Gasteiger partial charge in [-0.15, -0.1) is 10.2 Å². The lowest BCUT2D eigenvalue weighted by Crippen LogP contribution is -2.27. The van der Waals surface area contributed by atoms with Crippen molar-refractivity contribution in [3.63, 3.8) is 0 Å². The van der Waals surface area contributed by atoms with Crippen LogP contribution < -0.4 is 5.32 Å². The molecule has 0 aliphatic carbocycles. The molecule has 0 radical (unpaired) electrons. The summed E-state index contributed by atoms with van der Waals surface area (Å²) in [5.41, 5.74) is 1.14. The van der Waals surface area contributed by atoms with Gasteiger partial charge in [0.25, 0.3) is 5.91 Å². The maximum Gasteiger partial charge on any atom is 0.291 e. The fourth-order valence-corrected chi connectivity index (χ4v) is 1.67. The number of benzene rings is 1. The lowest BCUT2D eigenvalue weighted by Gasteiger charge is -2.04. The summed E-state index contributed by atoms with van der Waals surface area (Å²) >= 11 is 5.87. The maximum atomic E-state index is 11.8. The van der Waals surface area contributed by atoms with Crippen molar-refractivity contribution in [1.29, 1.82) is 0 Å². The summed E-state index contributed by atoms with van der Waals surface area (Å²) in [5.74, 6) is -0.322. The lowest BCUT2D eigenvalue weighted by molar-refractivity contribution is 0.0937. The molecule has 6 nitrogen and oxygen atoms in total. The zero-order chi connectivity index (χ0) is 13.7. The predicted molar refractivity (Wildman–Crippen MR) is 71.2 cm³/mol. The third kappa shape index (κ3) is 3.59. The lowest BCUT2D eigenvalue weighted by atomic mass is 10.3. The van der Waals surface area contributed by atoms with Gasteiger partial charge < -0.3 is 10.1 Å². The van der Waals surface area contributed by atoms with Crippen LogP contribution >= 0.6 is 11.6 Å². The first-order chi connectivity index (χ1) is 9.20. The Balaban J connectivity index is 2.09. The molecule has 1 N–H and O–H groups in total. The van der Waals surface area contributed by atoms with Crippen LogP contribution in [0.3, 0.4) is 0 Å². The van der Waals surface area contributed by atoms with Gasteiger partial charge in [-0.05, 0) is 24.6 Å². The monoisotopic (exact) mass is 280 g/mol. The number of nitrogens with one attached hydrogen (secondary N) is 1. The van der Waals surface area contributed by atoms with Gasteiger partial charge in [-0.25, -0.2) is 4.98 Å². The van der Waals surface area contributed by atoms with Gasteiger partial charge in [0.1, 0.15) is 5.52 Å². The molecule has 0 spiro atoms. The van der Waals surface area contributed by atoms with Gasteiger partial charge in [0.2, 0.25) is 5.82 Å². The fraction of sp³-hybridized carbons (Fsp3) is 0.333. The topological polar surface area (TPSA) is 77.0 Å². The number of fused-ring (bicyclic) bond motifs is 1. The van der Waals surface area contributed by atoms with E-state index in [1.807, 2.05) is 0 Å². The van der Waals surface area contributed by atoms with Crippen molar-refractivity contribution in [3.8, 4) is 0 Å². The third-order valence-electron chi connectivity index (χ3n) is 2.43. The second-order valence-corrected chi connectivity index (χ2v) is 4.31. The van der Waals surface area contributed by atoms with E-state index in [1.54, 1.807) is 25.3 Å². The molecule has 0 aliphatic heterocycles. The molecule has 1 aromatic carbocycles. The van der Waals surface area contributed by atoms with E-state index in [-0.39, 0.29) is 11.7 Å². The van der Waals surface area contributed by atoms with Crippen molar-refractivity contribution in [1.82, 2.24) is 20.5 Å². The van der Waals surface area contributed by atoms with E-state index in [0.29, 0.717) is 29.2 Å². The summed E-state index contributed by atoms with van der Waals surface area (Å²) < 4.78 is 4.89. The van der Waals surface area contributed by atoms with Crippen LogP contribution in [0.25, 0.3) is 11.0 Å². The molecule has 0 bridgehead atoms. The maximum absolute atomic E-state index is 11.8. The van der Waals surface area contributed by atoms with Crippen molar-refractivity contribution in [3.05, 3.63) is 29.0 Å². The highest BCUT2D eigenvalue weighted by Gasteiger charge is 2.10. The largest absolute Gasteiger partial charge is 0.385 e. The van der Waals surface area contributed by atoms with Crippen LogP contribution in [0, 0.1) is 0 Å². The average molecular weight is 281 g/mol. The Bertz CT molecular complexity index is 591. The number of carbonyl (C=O) groups excluding carboxylic acids is 1. The van der Waals surface area contributed by atoms with Gasteiger partial charge in [-0.1, -0.05) is 11.6 Å². The number of halogens is 1. The molecule has 2 rings (SSSR count). The normalized spacial score (nSPS) is 10.6. The molecule has 0 unspecified atom stereocenters. The van der Waals surface area contributed by atoms with Gasteiger partial charge in [-0.2, -0.15) is 0 Å². The fourth-order valence-electron chi connectivity index (χ4n) is 1.50. The Hall–Kier alpha value is -1.79. The standard InChI is InChI=1S/C12H13ClN4O2/c1-19-6-2-5-14-12(18)11-15-10-7-8(13)3-4-9(10)16-17-11/h3-4,7H,2,5-6H2,1H3,(H,14,18). The van der Waals surface area contributed by atoms with Gasteiger partial charge in [-0.3, -0.25) is 4.79 Å². The first-order valence-electron chi connectivity index (χ1n) is 5.78. The predicted octanol–water partition coefficient (Wildman–Crippen LogP) is 1.44. The van der Waals surface area contributed by atoms with Gasteiger partial charge in [0.15, 0.2) is 0 Å². The number of amides is 1. The first-order valence-corrected chi connectivity index (χ1v) is 6.15. The van der Waals surface area contributed by atoms with Crippen LogP contribution in [0.4, 0.5) is 0 Å². The van der Waals surface area contributed by atoms with Crippen molar-refractivity contribution in [2.24, 2.45) is 0 Å². The van der Waals surface area contributed by atoms with Gasteiger partial charge in [0, 0.05) is 25.3 Å². The number of aromatic nitrogens is 3. The summed E-state index contributed by atoms with van der Waals surface area (Å²) in [6.07, 6.45) is 0.731. The SMILES string of the molecule is COCCCNC(=O)c1nnc2ccc(Cl)cc2n1. The van der Waals surface area contributed by atoms with Gasteiger partial charge in [0.05, 0.1) is 5.52 Å². The van der Waals surface area contributed by atoms with Crippen molar-refractivity contribution in [2.45, 2.75) is 6.42 Å². The van der Waals surface area contributed by atoms with Crippen molar-refractivity contribution >= 4 is 28.5 Å². The highest BCUT2D eigenvalue weighted by atomic mass is 35.5. The highest BCUT2D eigenvalue weighted by molar-refractivity contribution is 6.31. The average Bonchev–Trinajstić information content (AvgIpc) is 2.42. The van der Waals surface area contributed by atoms with E-state index >= 15 is 0 Å². The first kappa shape index (κ1) is 13.6. The highest BCUT2D eigenvalue weighted by Crippen LogP contribution is 2.14. The number of hydrogen-bond donors (Lipinski definition) is 1. The van der Waals surface area contributed by atoms with Crippen molar-refractivity contribution < 1.29 is 9.53 Å². The van der Waals surface area contributed by atoms with E-state index in [4.69, 9.17) is 16.3 Å². The van der Waals surface area contributed by atoms with Crippen LogP contribution in [-0.2, 0) is 4.74 Å². The molecule has 1 aromatic heterocycles. The van der Waals surface area contributed by atoms with E-state index in [0.717, 1.165) is 6.42 Å². The van der Waals surface area contributed by atoms with Crippen LogP contribution in [0.15, 0.2) is 18.2 Å². The molecular weight excluding hydrogens is 268 g/mol. The summed E-state index contributed by atoms with van der Waals surface area (Å²) in [4.78, 5) is 15.9. The number of hydrogen-bond acceptors (Lipinski definition) is 5. The Morgan fingerprint density at radius 1 is 1.37 bits per heavy atom. The molecule has 0 saturated carbocycles. The number of ether oxygens (including phenoxy) is 1. The molecule has 0 atom stereocenters. The molecule has 0 saturated heterocycles. The molecule has 2 aromatic rings. The third-order valence-corrected chi connectivity index (χ3v) is 2.67. The molecule has 1 amide bonds. The zero-order valence-corrected chi connectivity index (χ0v) is 11.1. The summed E-state index contributed by atoms with van der Waals surface area (Å²) in [7, 11) is 1.61. The van der Waals surface area contributed by atoms with Crippen LogP contribution in [-0.4, -0.2) is 41.3 Å². The number of carbonyl (C=O) groups is 1.